The summed E-state index contributed by atoms with van der Waals surface area (Å²) in [6.07, 6.45) is 12.7. The second-order valence-corrected chi connectivity index (χ2v) is 7.36. The molecule has 0 bridgehead atoms. The van der Waals surface area contributed by atoms with E-state index >= 15 is 0 Å². The molecular formula is C19H35NO4S. The molecule has 0 saturated carbocycles. The van der Waals surface area contributed by atoms with Gasteiger partial charge < -0.3 is 14.2 Å². The molecule has 0 radical (unpaired) electrons. The highest BCUT2D eigenvalue weighted by atomic mass is 32.2. The highest BCUT2D eigenvalue weighted by Crippen LogP contribution is 2.20. The number of aliphatic imine (C=N–C) groups is 1. The lowest BCUT2D eigenvalue weighted by molar-refractivity contribution is 0.0584. The highest BCUT2D eigenvalue weighted by Gasteiger charge is 2.24. The van der Waals surface area contributed by atoms with Crippen LogP contribution in [0.25, 0.3) is 0 Å². The van der Waals surface area contributed by atoms with Crippen molar-refractivity contribution in [3.05, 3.63) is 0 Å². The second-order valence-electron chi connectivity index (χ2n) is 6.38. The van der Waals surface area contributed by atoms with Crippen molar-refractivity contribution in [2.24, 2.45) is 4.99 Å². The van der Waals surface area contributed by atoms with Gasteiger partial charge in [-0.25, -0.2) is 4.79 Å². The van der Waals surface area contributed by atoms with Crippen LogP contribution in [0.1, 0.15) is 78.1 Å². The Bertz CT molecular complexity index is 376. The molecule has 146 valence electrons. The van der Waals surface area contributed by atoms with Crippen molar-refractivity contribution in [3.63, 3.8) is 0 Å². The van der Waals surface area contributed by atoms with E-state index < -0.39 is 6.09 Å². The number of unbranched alkanes of at least 4 members (excludes halogenated alkanes) is 9. The molecule has 1 heterocycles. The summed E-state index contributed by atoms with van der Waals surface area (Å²) in [6, 6.07) is 0. The molecule has 0 aromatic carbocycles. The van der Waals surface area contributed by atoms with E-state index in [1.807, 2.05) is 0 Å². The molecule has 6 heteroatoms. The van der Waals surface area contributed by atoms with E-state index in [0.717, 1.165) is 18.8 Å². The molecule has 1 saturated heterocycles. The molecule has 0 aliphatic carbocycles. The molecular weight excluding hydrogens is 338 g/mol. The van der Waals surface area contributed by atoms with Crippen molar-refractivity contribution in [3.8, 4) is 0 Å². The molecule has 1 aliphatic heterocycles. The number of hydrogen-bond acceptors (Lipinski definition) is 5. The fraction of sp³-hybridized carbons (Fsp3) is 0.895. The first-order chi connectivity index (χ1) is 12.3. The summed E-state index contributed by atoms with van der Waals surface area (Å²) in [5.74, 6) is 0.774. The van der Waals surface area contributed by atoms with Gasteiger partial charge in [-0.1, -0.05) is 76.5 Å². The summed E-state index contributed by atoms with van der Waals surface area (Å²) in [4.78, 5) is 15.0. The third-order valence-electron chi connectivity index (χ3n) is 4.06. The fourth-order valence-corrected chi connectivity index (χ4v) is 3.49. The van der Waals surface area contributed by atoms with Crippen LogP contribution in [0.5, 0.6) is 0 Å². The van der Waals surface area contributed by atoms with Gasteiger partial charge in [0.2, 0.25) is 0 Å². The number of hydrogen-bond donors (Lipinski definition) is 0. The van der Waals surface area contributed by atoms with Crippen LogP contribution in [0.15, 0.2) is 4.99 Å². The quantitative estimate of drug-likeness (QED) is 0.373. The Morgan fingerprint density at radius 3 is 2.36 bits per heavy atom. The van der Waals surface area contributed by atoms with Gasteiger partial charge >= 0.3 is 6.09 Å². The smallest absolute Gasteiger partial charge is 0.437 e. The van der Waals surface area contributed by atoms with Crippen LogP contribution in [0.3, 0.4) is 0 Å². The highest BCUT2D eigenvalue weighted by molar-refractivity contribution is 8.13. The Morgan fingerprint density at radius 2 is 1.72 bits per heavy atom. The normalized spacial score (nSPS) is 18.5. The van der Waals surface area contributed by atoms with Gasteiger partial charge in [0, 0.05) is 12.4 Å². The van der Waals surface area contributed by atoms with Crippen LogP contribution in [0.2, 0.25) is 0 Å². The lowest BCUT2D eigenvalue weighted by atomic mass is 10.1. The Hall–Kier alpha value is -0.750. The molecule has 1 atom stereocenters. The summed E-state index contributed by atoms with van der Waals surface area (Å²) in [5.41, 5.74) is 0. The lowest BCUT2D eigenvalue weighted by Crippen LogP contribution is -2.18. The molecule has 0 spiro atoms. The largest absolute Gasteiger partial charge is 0.466 e. The minimum Gasteiger partial charge on any atom is -0.466 e. The molecule has 1 amide bonds. The number of thioether (sulfide) groups is 1. The molecule has 1 unspecified atom stereocenters. The zero-order valence-electron chi connectivity index (χ0n) is 16.0. The van der Waals surface area contributed by atoms with E-state index in [0.29, 0.717) is 18.4 Å². The van der Waals surface area contributed by atoms with Crippen molar-refractivity contribution in [2.45, 2.75) is 84.2 Å². The number of nitrogens with zero attached hydrogens (tertiary/aromatic N) is 1. The van der Waals surface area contributed by atoms with Gasteiger partial charge in [-0.15, -0.1) is 4.99 Å². The maximum absolute atomic E-state index is 11.2. The standard InChI is InChI=1S/C19H35NO4S/c1-3-5-6-7-8-9-10-11-12-13-14-22-15-17-16-25-19(24-17)20-18(21)23-4-2/h17H,3-16H2,1-2H3. The van der Waals surface area contributed by atoms with Crippen molar-refractivity contribution >= 4 is 23.1 Å². The third kappa shape index (κ3) is 12.3. The SMILES string of the molecule is CCCCCCCCCCCCOCC1CSC(=NC(=O)OCC)O1. The van der Waals surface area contributed by atoms with Crippen LogP contribution in [0.4, 0.5) is 4.79 Å². The van der Waals surface area contributed by atoms with Gasteiger partial charge in [0.05, 0.1) is 13.2 Å². The average Bonchev–Trinajstić information content (AvgIpc) is 3.03. The van der Waals surface area contributed by atoms with E-state index in [4.69, 9.17) is 14.2 Å². The van der Waals surface area contributed by atoms with Gasteiger partial charge in [-0.3, -0.25) is 0 Å². The first-order valence-corrected chi connectivity index (χ1v) is 10.9. The lowest BCUT2D eigenvalue weighted by Gasteiger charge is -2.09. The van der Waals surface area contributed by atoms with Gasteiger partial charge in [0.15, 0.2) is 0 Å². The Kier molecular flexibility index (Phi) is 13.8. The van der Waals surface area contributed by atoms with Crippen LogP contribution in [-0.4, -0.2) is 43.0 Å². The van der Waals surface area contributed by atoms with Gasteiger partial charge in [0.25, 0.3) is 5.23 Å². The van der Waals surface area contributed by atoms with E-state index in [-0.39, 0.29) is 6.10 Å². The summed E-state index contributed by atoms with van der Waals surface area (Å²) in [7, 11) is 0. The van der Waals surface area contributed by atoms with Crippen LogP contribution < -0.4 is 0 Å². The maximum atomic E-state index is 11.2. The monoisotopic (exact) mass is 373 g/mol. The van der Waals surface area contributed by atoms with E-state index in [9.17, 15) is 4.79 Å². The zero-order valence-corrected chi connectivity index (χ0v) is 16.8. The number of carbonyl (C=O) groups is 1. The van der Waals surface area contributed by atoms with Crippen molar-refractivity contribution in [2.75, 3.05) is 25.6 Å². The van der Waals surface area contributed by atoms with Gasteiger partial charge in [0.1, 0.15) is 6.10 Å². The molecule has 0 N–H and O–H groups in total. The molecule has 0 aromatic rings. The molecule has 1 rings (SSSR count). The molecule has 1 fully saturated rings. The molecule has 0 aromatic heterocycles. The first kappa shape index (κ1) is 22.3. The zero-order chi connectivity index (χ0) is 18.2. The predicted molar refractivity (Wildman–Crippen MR) is 104 cm³/mol. The number of amides is 1. The fourth-order valence-electron chi connectivity index (χ4n) is 2.65. The van der Waals surface area contributed by atoms with Crippen LogP contribution >= 0.6 is 11.8 Å². The average molecular weight is 374 g/mol. The maximum Gasteiger partial charge on any atom is 0.437 e. The Balaban J connectivity index is 1.88. The first-order valence-electron chi connectivity index (χ1n) is 9.88. The number of ether oxygens (including phenoxy) is 3. The minimum atomic E-state index is -0.586. The van der Waals surface area contributed by atoms with E-state index in [1.165, 1.54) is 69.5 Å². The van der Waals surface area contributed by atoms with E-state index in [2.05, 4.69) is 11.9 Å². The third-order valence-corrected chi connectivity index (χ3v) is 5.03. The number of carbonyl (C=O) groups excluding carboxylic acids is 1. The molecule has 1 aliphatic rings. The summed E-state index contributed by atoms with van der Waals surface area (Å²) < 4.78 is 16.0. The molecule has 25 heavy (non-hydrogen) atoms. The number of rotatable bonds is 14. The second kappa shape index (κ2) is 15.5. The van der Waals surface area contributed by atoms with Crippen molar-refractivity contribution < 1.29 is 19.0 Å². The molecule has 5 nitrogen and oxygen atoms in total. The topological polar surface area (TPSA) is 57.1 Å². The van der Waals surface area contributed by atoms with E-state index in [1.54, 1.807) is 6.92 Å². The van der Waals surface area contributed by atoms with Crippen LogP contribution in [-0.2, 0) is 14.2 Å². The van der Waals surface area contributed by atoms with Crippen LogP contribution in [0, 0.1) is 0 Å². The predicted octanol–water partition coefficient (Wildman–Crippen LogP) is 5.57. The Morgan fingerprint density at radius 1 is 1.08 bits per heavy atom. The minimum absolute atomic E-state index is 0.0127. The van der Waals surface area contributed by atoms with Crippen molar-refractivity contribution in [1.82, 2.24) is 0 Å². The Labute approximate surface area is 157 Å². The summed E-state index contributed by atoms with van der Waals surface area (Å²) >= 11 is 1.44. The van der Waals surface area contributed by atoms with Crippen molar-refractivity contribution in [1.29, 1.82) is 0 Å². The van der Waals surface area contributed by atoms with Gasteiger partial charge in [-0.05, 0) is 13.3 Å². The summed E-state index contributed by atoms with van der Waals surface area (Å²) in [5, 5.41) is 0.394. The summed E-state index contributed by atoms with van der Waals surface area (Å²) in [6.45, 7) is 5.68. The van der Waals surface area contributed by atoms with Gasteiger partial charge in [-0.2, -0.15) is 0 Å².